The van der Waals surface area contributed by atoms with E-state index < -0.39 is 12.3 Å². The number of anilines is 1. The summed E-state index contributed by atoms with van der Waals surface area (Å²) in [5.41, 5.74) is 12.2. The first-order valence-electron chi connectivity index (χ1n) is 4.32. The summed E-state index contributed by atoms with van der Waals surface area (Å²) in [7, 11) is 3.00. The molecule has 84 valence electrons. The van der Waals surface area contributed by atoms with Crippen LogP contribution < -0.4 is 11.5 Å². The number of ether oxygens (including phenoxy) is 2. The molecule has 0 radical (unpaired) electrons. The highest BCUT2D eigenvalue weighted by atomic mass is 35.5. The van der Waals surface area contributed by atoms with Gasteiger partial charge in [-0.3, -0.25) is 0 Å². The zero-order valence-corrected chi connectivity index (χ0v) is 9.36. The summed E-state index contributed by atoms with van der Waals surface area (Å²) in [4.78, 5) is 3.91. The van der Waals surface area contributed by atoms with Crippen LogP contribution in [0.5, 0.6) is 0 Å². The molecule has 0 fully saturated rings. The van der Waals surface area contributed by atoms with Gasteiger partial charge >= 0.3 is 0 Å². The van der Waals surface area contributed by atoms with Crippen molar-refractivity contribution in [2.45, 2.75) is 12.3 Å². The van der Waals surface area contributed by atoms with Gasteiger partial charge in [-0.25, -0.2) is 4.98 Å². The first kappa shape index (κ1) is 12.2. The first-order valence-corrected chi connectivity index (χ1v) is 4.70. The largest absolute Gasteiger partial charge is 0.383 e. The van der Waals surface area contributed by atoms with Crippen molar-refractivity contribution in [3.63, 3.8) is 0 Å². The molecule has 0 aliphatic carbocycles. The molecule has 1 unspecified atom stereocenters. The van der Waals surface area contributed by atoms with Crippen molar-refractivity contribution in [1.82, 2.24) is 4.98 Å². The van der Waals surface area contributed by atoms with Gasteiger partial charge in [-0.05, 0) is 6.07 Å². The molecule has 1 aromatic heterocycles. The Labute approximate surface area is 93.3 Å². The second-order valence-electron chi connectivity index (χ2n) is 2.99. The van der Waals surface area contributed by atoms with Crippen LogP contribution in [0.15, 0.2) is 12.3 Å². The molecule has 0 aliphatic rings. The van der Waals surface area contributed by atoms with Gasteiger partial charge in [0, 0.05) is 26.0 Å². The van der Waals surface area contributed by atoms with Crippen LogP contribution >= 0.6 is 11.6 Å². The maximum absolute atomic E-state index is 5.90. The van der Waals surface area contributed by atoms with E-state index >= 15 is 0 Å². The van der Waals surface area contributed by atoms with Gasteiger partial charge in [-0.2, -0.15) is 0 Å². The average Bonchev–Trinajstić information content (AvgIpc) is 2.23. The summed E-state index contributed by atoms with van der Waals surface area (Å²) >= 11 is 5.80. The average molecular weight is 232 g/mol. The Kier molecular flexibility index (Phi) is 4.28. The van der Waals surface area contributed by atoms with Crippen molar-refractivity contribution in [2.24, 2.45) is 5.73 Å². The van der Waals surface area contributed by atoms with Gasteiger partial charge in [0.05, 0.1) is 11.1 Å². The van der Waals surface area contributed by atoms with Crippen LogP contribution in [-0.4, -0.2) is 25.5 Å². The highest BCUT2D eigenvalue weighted by Gasteiger charge is 2.21. The number of halogens is 1. The van der Waals surface area contributed by atoms with Gasteiger partial charge in [-0.15, -0.1) is 0 Å². The number of rotatable bonds is 4. The number of methoxy groups -OCH3 is 2. The molecular weight excluding hydrogens is 218 g/mol. The lowest BCUT2D eigenvalue weighted by Gasteiger charge is -2.22. The smallest absolute Gasteiger partial charge is 0.176 e. The molecule has 1 rings (SSSR count). The molecule has 4 N–H and O–H groups in total. The van der Waals surface area contributed by atoms with Crippen molar-refractivity contribution in [3.05, 3.63) is 22.8 Å². The second kappa shape index (κ2) is 5.27. The van der Waals surface area contributed by atoms with E-state index in [9.17, 15) is 0 Å². The van der Waals surface area contributed by atoms with Crippen molar-refractivity contribution in [3.8, 4) is 0 Å². The van der Waals surface area contributed by atoms with Gasteiger partial charge in [0.1, 0.15) is 5.82 Å². The minimum Gasteiger partial charge on any atom is -0.383 e. The topological polar surface area (TPSA) is 83.4 Å². The number of hydrogen-bond donors (Lipinski definition) is 2. The molecule has 15 heavy (non-hydrogen) atoms. The third-order valence-electron chi connectivity index (χ3n) is 2.03. The molecule has 0 saturated heterocycles. The molecule has 0 saturated carbocycles. The first-order chi connectivity index (χ1) is 7.10. The van der Waals surface area contributed by atoms with E-state index in [0.717, 1.165) is 0 Å². The van der Waals surface area contributed by atoms with E-state index in [1.54, 1.807) is 6.07 Å². The molecule has 0 aliphatic heterocycles. The number of nitrogen functional groups attached to an aromatic ring is 1. The highest BCUT2D eigenvalue weighted by molar-refractivity contribution is 6.30. The summed E-state index contributed by atoms with van der Waals surface area (Å²) in [6.45, 7) is 0. The van der Waals surface area contributed by atoms with Crippen LogP contribution in [-0.2, 0) is 9.47 Å². The Morgan fingerprint density at radius 2 is 2.00 bits per heavy atom. The van der Waals surface area contributed by atoms with E-state index in [1.807, 2.05) is 0 Å². The molecule has 1 aromatic rings. The second-order valence-corrected chi connectivity index (χ2v) is 3.43. The third kappa shape index (κ3) is 2.79. The van der Waals surface area contributed by atoms with Crippen molar-refractivity contribution in [1.29, 1.82) is 0 Å². The minimum absolute atomic E-state index is 0.325. The monoisotopic (exact) mass is 231 g/mol. The SMILES string of the molecule is COC(OC)C(N)c1cc(Cl)cnc1N. The van der Waals surface area contributed by atoms with Gasteiger partial charge in [0.2, 0.25) is 0 Å². The fourth-order valence-electron chi connectivity index (χ4n) is 1.27. The lowest BCUT2D eigenvalue weighted by atomic mass is 10.1. The van der Waals surface area contributed by atoms with E-state index in [-0.39, 0.29) is 0 Å². The molecule has 0 aromatic carbocycles. The van der Waals surface area contributed by atoms with E-state index in [1.165, 1.54) is 20.4 Å². The zero-order chi connectivity index (χ0) is 11.4. The van der Waals surface area contributed by atoms with Gasteiger partial charge in [0.15, 0.2) is 6.29 Å². The molecule has 1 atom stereocenters. The third-order valence-corrected chi connectivity index (χ3v) is 2.24. The molecule has 1 heterocycles. The summed E-state index contributed by atoms with van der Waals surface area (Å²) in [5, 5.41) is 0.473. The minimum atomic E-state index is -0.576. The number of aromatic nitrogens is 1. The number of pyridine rings is 1. The molecular formula is C9H14ClN3O2. The van der Waals surface area contributed by atoms with Crippen LogP contribution in [0.4, 0.5) is 5.82 Å². The number of hydrogen-bond acceptors (Lipinski definition) is 5. The van der Waals surface area contributed by atoms with Crippen LogP contribution in [0.3, 0.4) is 0 Å². The fraction of sp³-hybridized carbons (Fsp3) is 0.444. The highest BCUT2D eigenvalue weighted by Crippen LogP contribution is 2.24. The predicted molar refractivity (Wildman–Crippen MR) is 58.4 cm³/mol. The van der Waals surface area contributed by atoms with E-state index in [0.29, 0.717) is 16.4 Å². The van der Waals surface area contributed by atoms with E-state index in [2.05, 4.69) is 4.98 Å². The Balaban J connectivity index is 2.98. The fourth-order valence-corrected chi connectivity index (χ4v) is 1.43. The summed E-state index contributed by atoms with van der Waals surface area (Å²) in [5.74, 6) is 0.325. The Hall–Kier alpha value is -0.880. The van der Waals surface area contributed by atoms with E-state index in [4.69, 9.17) is 32.5 Å². The standard InChI is InChI=1S/C9H14ClN3O2/c1-14-9(15-2)7(11)6-3-5(10)4-13-8(6)12/h3-4,7,9H,11H2,1-2H3,(H2,12,13). The quantitative estimate of drug-likeness (QED) is 0.754. The maximum atomic E-state index is 5.90. The molecule has 5 nitrogen and oxygen atoms in total. The van der Waals surface area contributed by atoms with Gasteiger partial charge in [0.25, 0.3) is 0 Å². The molecule has 6 heteroatoms. The Morgan fingerprint density at radius 1 is 1.40 bits per heavy atom. The molecule has 0 bridgehead atoms. The Bertz CT molecular complexity index is 331. The molecule has 0 spiro atoms. The van der Waals surface area contributed by atoms with Crippen LogP contribution in [0.1, 0.15) is 11.6 Å². The van der Waals surface area contributed by atoms with Crippen molar-refractivity contribution in [2.75, 3.05) is 20.0 Å². The summed E-state index contributed by atoms with van der Waals surface area (Å²) in [6, 6.07) is 1.13. The number of nitrogens with zero attached hydrogens (tertiary/aromatic N) is 1. The normalized spacial score (nSPS) is 13.1. The van der Waals surface area contributed by atoms with Crippen LogP contribution in [0, 0.1) is 0 Å². The van der Waals surface area contributed by atoms with Crippen molar-refractivity contribution >= 4 is 17.4 Å². The lowest BCUT2D eigenvalue weighted by Crippen LogP contribution is -2.30. The van der Waals surface area contributed by atoms with Gasteiger partial charge < -0.3 is 20.9 Å². The summed E-state index contributed by atoms with van der Waals surface area (Å²) < 4.78 is 10.1. The Morgan fingerprint density at radius 3 is 2.53 bits per heavy atom. The summed E-state index contributed by atoms with van der Waals surface area (Å²) in [6.07, 6.45) is 0.884. The molecule has 0 amide bonds. The maximum Gasteiger partial charge on any atom is 0.176 e. The van der Waals surface area contributed by atoms with Crippen LogP contribution in [0.2, 0.25) is 5.02 Å². The number of nitrogens with two attached hydrogens (primary N) is 2. The zero-order valence-electron chi connectivity index (χ0n) is 8.61. The predicted octanol–water partition coefficient (Wildman–Crippen LogP) is 0.936. The van der Waals surface area contributed by atoms with Crippen LogP contribution in [0.25, 0.3) is 0 Å². The lowest BCUT2D eigenvalue weighted by molar-refractivity contribution is -0.117. The van der Waals surface area contributed by atoms with Gasteiger partial charge in [-0.1, -0.05) is 11.6 Å². The van der Waals surface area contributed by atoms with Crippen molar-refractivity contribution < 1.29 is 9.47 Å².